The minimum absolute atomic E-state index is 0.00627. The van der Waals surface area contributed by atoms with Crippen molar-refractivity contribution in [1.82, 2.24) is 29.7 Å². The third-order valence-electron chi connectivity index (χ3n) is 8.97. The van der Waals surface area contributed by atoms with E-state index < -0.39 is 29.8 Å². The molecule has 246 valence electrons. The van der Waals surface area contributed by atoms with Crippen LogP contribution >= 0.6 is 23.2 Å². The third kappa shape index (κ3) is 7.06. The van der Waals surface area contributed by atoms with Crippen molar-refractivity contribution >= 4 is 41.0 Å². The molecular formula is C33H39Cl2FN6O4. The van der Waals surface area contributed by atoms with Crippen molar-refractivity contribution in [3.05, 3.63) is 81.3 Å². The summed E-state index contributed by atoms with van der Waals surface area (Å²) in [4.78, 5) is 45.7. The lowest BCUT2D eigenvalue weighted by Crippen LogP contribution is -2.58. The molecule has 2 saturated heterocycles. The topological polar surface area (TPSA) is 101 Å². The number of hydrogen-bond donors (Lipinski definition) is 0. The summed E-state index contributed by atoms with van der Waals surface area (Å²) in [7, 11) is 1.34. The predicted molar refractivity (Wildman–Crippen MR) is 172 cm³/mol. The van der Waals surface area contributed by atoms with Crippen LogP contribution in [0.4, 0.5) is 4.39 Å². The molecule has 2 aliphatic heterocycles. The summed E-state index contributed by atoms with van der Waals surface area (Å²) >= 11 is 12.0. The van der Waals surface area contributed by atoms with E-state index in [-0.39, 0.29) is 41.4 Å². The van der Waals surface area contributed by atoms with Crippen molar-refractivity contribution < 1.29 is 23.5 Å². The molecular weight excluding hydrogens is 634 g/mol. The van der Waals surface area contributed by atoms with Gasteiger partial charge in [0.05, 0.1) is 36.0 Å². The molecule has 2 amide bonds. The number of ether oxygens (including phenoxy) is 1. The summed E-state index contributed by atoms with van der Waals surface area (Å²) in [6.45, 7) is 9.26. The quantitative estimate of drug-likeness (QED) is 0.292. The van der Waals surface area contributed by atoms with Gasteiger partial charge in [0.15, 0.2) is 6.04 Å². The Kier molecular flexibility index (Phi) is 10.3. The molecule has 5 rings (SSSR count). The minimum atomic E-state index is -0.696. The number of rotatable bonds is 9. The number of esters is 1. The molecule has 3 unspecified atom stereocenters. The van der Waals surface area contributed by atoms with Gasteiger partial charge in [0, 0.05) is 55.6 Å². The van der Waals surface area contributed by atoms with Gasteiger partial charge < -0.3 is 14.5 Å². The van der Waals surface area contributed by atoms with Crippen molar-refractivity contribution in [3.8, 4) is 0 Å². The molecule has 2 fully saturated rings. The summed E-state index contributed by atoms with van der Waals surface area (Å²) in [5.74, 6) is -1.90. The van der Waals surface area contributed by atoms with Gasteiger partial charge in [0.2, 0.25) is 11.8 Å². The van der Waals surface area contributed by atoms with Crippen molar-refractivity contribution in [2.45, 2.75) is 77.3 Å². The number of amides is 2. The van der Waals surface area contributed by atoms with Crippen LogP contribution in [0.2, 0.25) is 10.0 Å². The standard InChI is InChI=1S/C33H39Cl2FN6O4/c1-19(2)42-30(43)14-26(31(42)23-8-11-27(35)28(36)13-23)32(44)39-15-20(3)40(21(4)16-39)17-25-18-41(38-37-25)29(33(45)46-5)12-22-6-9-24(34)10-7-22/h6-11,13,18-21,26,29,31H,12,14-17H2,1-5H3/t20-,21+,26?,29?,31?. The number of nitrogens with zero attached hydrogens (tertiary/aromatic N) is 6. The van der Waals surface area contributed by atoms with Crippen LogP contribution in [-0.4, -0.2) is 85.8 Å². The maximum atomic E-state index is 14.5. The van der Waals surface area contributed by atoms with Crippen molar-refractivity contribution in [1.29, 1.82) is 0 Å². The fraction of sp³-hybridized carbons (Fsp3) is 0.485. The molecule has 0 bridgehead atoms. The molecule has 0 radical (unpaired) electrons. The molecule has 5 atom stereocenters. The van der Waals surface area contributed by atoms with E-state index in [1.54, 1.807) is 29.3 Å². The Morgan fingerprint density at radius 3 is 2.35 bits per heavy atom. The zero-order valence-corrected chi connectivity index (χ0v) is 28.1. The Morgan fingerprint density at radius 2 is 1.74 bits per heavy atom. The molecule has 3 heterocycles. The third-order valence-corrected chi connectivity index (χ3v) is 9.53. The van der Waals surface area contributed by atoms with Crippen LogP contribution in [0.3, 0.4) is 0 Å². The van der Waals surface area contributed by atoms with E-state index in [2.05, 4.69) is 15.2 Å². The first-order valence-corrected chi connectivity index (χ1v) is 16.2. The van der Waals surface area contributed by atoms with E-state index in [1.165, 1.54) is 23.9 Å². The van der Waals surface area contributed by atoms with Gasteiger partial charge in [0.25, 0.3) is 0 Å². The Labute approximate surface area is 278 Å². The Morgan fingerprint density at radius 1 is 1.07 bits per heavy atom. The molecule has 0 saturated carbocycles. The number of aromatic nitrogens is 3. The van der Waals surface area contributed by atoms with E-state index in [1.807, 2.05) is 44.7 Å². The van der Waals surface area contributed by atoms with Crippen LogP contribution in [0.5, 0.6) is 0 Å². The number of carbonyl (C=O) groups is 3. The van der Waals surface area contributed by atoms with E-state index in [0.717, 1.165) is 5.56 Å². The fourth-order valence-electron chi connectivity index (χ4n) is 6.75. The Hall–Kier alpha value is -3.54. The lowest BCUT2D eigenvalue weighted by Gasteiger charge is -2.45. The number of hydrogen-bond acceptors (Lipinski definition) is 7. The zero-order chi connectivity index (χ0) is 33.3. The van der Waals surface area contributed by atoms with E-state index in [9.17, 15) is 18.8 Å². The summed E-state index contributed by atoms with van der Waals surface area (Å²) < 4.78 is 21.1. The van der Waals surface area contributed by atoms with E-state index >= 15 is 0 Å². The monoisotopic (exact) mass is 672 g/mol. The molecule has 2 aromatic carbocycles. The van der Waals surface area contributed by atoms with Crippen molar-refractivity contribution in [2.75, 3.05) is 20.2 Å². The highest BCUT2D eigenvalue weighted by atomic mass is 35.5. The zero-order valence-electron chi connectivity index (χ0n) is 26.6. The van der Waals surface area contributed by atoms with Gasteiger partial charge in [-0.3, -0.25) is 14.5 Å². The van der Waals surface area contributed by atoms with Crippen LogP contribution in [-0.2, 0) is 32.1 Å². The first-order chi connectivity index (χ1) is 21.9. The molecule has 0 aliphatic carbocycles. The first-order valence-electron chi connectivity index (χ1n) is 15.4. The number of halogens is 3. The van der Waals surface area contributed by atoms with E-state index in [4.69, 9.17) is 27.9 Å². The maximum absolute atomic E-state index is 14.5. The lowest BCUT2D eigenvalue weighted by molar-refractivity contribution is -0.145. The summed E-state index contributed by atoms with van der Waals surface area (Å²) in [5, 5.41) is 9.23. The predicted octanol–water partition coefficient (Wildman–Crippen LogP) is 5.10. The smallest absolute Gasteiger partial charge is 0.331 e. The highest BCUT2D eigenvalue weighted by Crippen LogP contribution is 2.41. The van der Waals surface area contributed by atoms with E-state index in [0.29, 0.717) is 42.3 Å². The van der Waals surface area contributed by atoms with Crippen LogP contribution in [0.1, 0.15) is 63.0 Å². The number of benzene rings is 2. The summed E-state index contributed by atoms with van der Waals surface area (Å²) in [5.41, 5.74) is 2.15. The van der Waals surface area contributed by atoms with Gasteiger partial charge >= 0.3 is 5.97 Å². The normalized spacial score (nSPS) is 22.8. The number of piperazine rings is 1. The lowest BCUT2D eigenvalue weighted by atomic mass is 9.91. The minimum Gasteiger partial charge on any atom is -0.467 e. The Bertz CT molecular complexity index is 1570. The average molecular weight is 674 g/mol. The SMILES string of the molecule is COC(=O)C(Cc1ccc(Cl)cc1)n1cc(CN2[C@H](C)CN(C(=O)C3CC(=O)N(C(C)C)C3c3ccc(Cl)c(F)c3)C[C@@H]2C)nn1. The molecule has 13 heteroatoms. The maximum Gasteiger partial charge on any atom is 0.331 e. The largest absolute Gasteiger partial charge is 0.467 e. The van der Waals surface area contributed by atoms with Crippen LogP contribution in [0.15, 0.2) is 48.7 Å². The van der Waals surface area contributed by atoms with Gasteiger partial charge in [-0.2, -0.15) is 0 Å². The molecule has 2 aliphatic rings. The highest BCUT2D eigenvalue weighted by Gasteiger charge is 2.48. The van der Waals surface area contributed by atoms with Crippen LogP contribution in [0, 0.1) is 11.7 Å². The molecule has 46 heavy (non-hydrogen) atoms. The molecule has 0 spiro atoms. The number of likely N-dealkylation sites (tertiary alicyclic amines) is 1. The van der Waals surface area contributed by atoms with Crippen molar-refractivity contribution in [2.24, 2.45) is 5.92 Å². The molecule has 10 nitrogen and oxygen atoms in total. The van der Waals surface area contributed by atoms with Crippen LogP contribution < -0.4 is 0 Å². The van der Waals surface area contributed by atoms with Crippen LogP contribution in [0.25, 0.3) is 0 Å². The molecule has 3 aromatic rings. The van der Waals surface area contributed by atoms with Crippen molar-refractivity contribution in [3.63, 3.8) is 0 Å². The Balaban J connectivity index is 1.29. The second kappa shape index (κ2) is 14.1. The van der Waals surface area contributed by atoms with Gasteiger partial charge in [-0.1, -0.05) is 46.6 Å². The molecule has 1 aromatic heterocycles. The highest BCUT2D eigenvalue weighted by molar-refractivity contribution is 6.30. The summed E-state index contributed by atoms with van der Waals surface area (Å²) in [6.07, 6.45) is 2.19. The van der Waals surface area contributed by atoms with Gasteiger partial charge in [-0.25, -0.2) is 13.9 Å². The molecule has 0 N–H and O–H groups in total. The number of carbonyl (C=O) groups excluding carboxylic acids is 3. The van der Waals surface area contributed by atoms with Gasteiger partial charge in [-0.05, 0) is 63.1 Å². The van der Waals surface area contributed by atoms with Gasteiger partial charge in [-0.15, -0.1) is 5.10 Å². The average Bonchev–Trinajstić information content (AvgIpc) is 3.63. The second-order valence-corrected chi connectivity index (χ2v) is 13.3. The fourth-order valence-corrected chi connectivity index (χ4v) is 6.99. The second-order valence-electron chi connectivity index (χ2n) is 12.5. The first kappa shape index (κ1) is 33.8. The van der Waals surface area contributed by atoms with Gasteiger partial charge in [0.1, 0.15) is 5.82 Å². The number of methoxy groups -OCH3 is 1. The summed E-state index contributed by atoms with van der Waals surface area (Å²) in [6, 6.07) is 10.2.